The number of amides is 4. The maximum Gasteiger partial charge on any atom is 0.324 e. The van der Waals surface area contributed by atoms with Gasteiger partial charge in [-0.15, -0.1) is 11.3 Å². The van der Waals surface area contributed by atoms with E-state index in [0.29, 0.717) is 43.9 Å². The SMILES string of the molecule is CCn1c(-c2cccnc2[C@H](C)OC)c2c3cc(ccc31)-c1csc(n1)C[C@H](NC(=O)C(C(C)C)N(C)C(=O)N1CCC13CCNCC3)C(=O)N1CCC[C@H](N1)C(=O)OCC(C)(C)C2. The molecule has 15 nitrogen and oxygen atoms in total. The molecule has 1 unspecified atom stereocenters. The number of cyclic esters (lactones) is 1. The third-order valence-electron chi connectivity index (χ3n) is 13.9. The smallest absolute Gasteiger partial charge is 0.324 e. The number of aromatic nitrogens is 3. The number of carbonyl (C=O) groups is 4. The molecule has 0 radical (unpaired) electrons. The van der Waals surface area contributed by atoms with E-state index < -0.39 is 35.4 Å². The molecule has 1 spiro atoms. The van der Waals surface area contributed by atoms with Gasteiger partial charge in [0.1, 0.15) is 18.1 Å². The Balaban J connectivity index is 1.16. The summed E-state index contributed by atoms with van der Waals surface area (Å²) in [4.78, 5) is 70.6. The molecule has 3 N–H and O–H groups in total. The van der Waals surface area contributed by atoms with E-state index in [1.807, 2.05) is 37.1 Å². The van der Waals surface area contributed by atoms with Crippen molar-refractivity contribution in [3.8, 4) is 22.5 Å². The molecule has 7 heterocycles. The molecule has 1 aromatic carbocycles. The topological polar surface area (TPSA) is 163 Å². The highest BCUT2D eigenvalue weighted by Crippen LogP contribution is 2.43. The molecule has 16 heteroatoms. The van der Waals surface area contributed by atoms with Crippen molar-refractivity contribution in [2.75, 3.05) is 46.9 Å². The van der Waals surface area contributed by atoms with Gasteiger partial charge in [0, 0.05) is 84.8 Å². The number of benzene rings is 1. The molecule has 3 aromatic heterocycles. The second kappa shape index (κ2) is 18.5. The molecule has 6 bridgehead atoms. The van der Waals surface area contributed by atoms with Crippen LogP contribution in [0.2, 0.25) is 0 Å². The van der Waals surface area contributed by atoms with Gasteiger partial charge in [-0.05, 0) is 101 Å². The van der Waals surface area contributed by atoms with Gasteiger partial charge in [-0.3, -0.25) is 24.4 Å². The van der Waals surface area contributed by atoms with Gasteiger partial charge in [-0.1, -0.05) is 33.8 Å². The highest BCUT2D eigenvalue weighted by atomic mass is 32.1. The molecule has 4 aromatic rings. The molecule has 344 valence electrons. The fraction of sp³-hybridized carbons (Fsp3) is 0.583. The summed E-state index contributed by atoms with van der Waals surface area (Å²) in [6.45, 7) is 15.8. The summed E-state index contributed by atoms with van der Waals surface area (Å²) >= 11 is 1.44. The summed E-state index contributed by atoms with van der Waals surface area (Å²) < 4.78 is 14.3. The minimum absolute atomic E-state index is 0.118. The number of methoxy groups -OCH3 is 1. The summed E-state index contributed by atoms with van der Waals surface area (Å²) in [5.74, 6) is -1.47. The standard InChI is InChI=1S/C48H65N9O6S/c1-9-55-38-15-14-31-24-33(38)34(42(55)32-12-10-19-50-40(32)30(4)62-8)26-47(5,6)28-63-45(60)35-13-11-22-57(53-35)44(59)36(25-39-51-37(31)27-64-39)52-43(58)41(29(2)3)54(7)46(61)56-23-18-48(56)16-20-49-21-17-48/h10,12,14-15,19,24,27,29-30,35-36,41,49,53H,9,11,13,16-18,20-23,25-26,28H2,1-8H3,(H,52,58)/t30-,35-,36-,41?/m0/s1. The molecule has 4 amide bonds. The molecular formula is C48H65N9O6S. The van der Waals surface area contributed by atoms with E-state index in [2.05, 4.69) is 65.7 Å². The molecular weight excluding hydrogens is 831 g/mol. The van der Waals surface area contributed by atoms with Crippen molar-refractivity contribution in [1.29, 1.82) is 0 Å². The fourth-order valence-electron chi connectivity index (χ4n) is 10.3. The Hall–Kier alpha value is -4.90. The summed E-state index contributed by atoms with van der Waals surface area (Å²) in [6, 6.07) is 7.70. The summed E-state index contributed by atoms with van der Waals surface area (Å²) in [6.07, 6.45) is 6.05. The van der Waals surface area contributed by atoms with Gasteiger partial charge in [-0.25, -0.2) is 15.2 Å². The van der Waals surface area contributed by atoms with Gasteiger partial charge in [0.25, 0.3) is 5.91 Å². The first-order valence-electron chi connectivity index (χ1n) is 23.0. The zero-order valence-electron chi connectivity index (χ0n) is 38.7. The monoisotopic (exact) mass is 895 g/mol. The van der Waals surface area contributed by atoms with Crippen LogP contribution in [0.4, 0.5) is 4.79 Å². The molecule has 64 heavy (non-hydrogen) atoms. The number of hydrogen-bond acceptors (Lipinski definition) is 11. The highest BCUT2D eigenvalue weighted by Gasteiger charge is 2.50. The quantitative estimate of drug-likeness (QED) is 0.176. The Morgan fingerprint density at radius 3 is 2.59 bits per heavy atom. The minimum atomic E-state index is -1.03. The first-order valence-corrected chi connectivity index (χ1v) is 23.9. The molecule has 3 saturated heterocycles. The van der Waals surface area contributed by atoms with Gasteiger partial charge in [0.2, 0.25) is 5.91 Å². The third-order valence-corrected chi connectivity index (χ3v) is 14.8. The number of piperidine rings is 1. The Morgan fingerprint density at radius 2 is 1.89 bits per heavy atom. The van der Waals surface area contributed by atoms with Crippen LogP contribution in [0.15, 0.2) is 41.9 Å². The number of carbonyl (C=O) groups excluding carboxylic acids is 4. The lowest BCUT2D eigenvalue weighted by atomic mass is 9.77. The number of pyridine rings is 1. The van der Waals surface area contributed by atoms with Crippen molar-refractivity contribution in [2.24, 2.45) is 11.3 Å². The maximum atomic E-state index is 14.6. The number of ether oxygens (including phenoxy) is 2. The Morgan fingerprint density at radius 1 is 1.11 bits per heavy atom. The number of urea groups is 1. The number of nitrogens with one attached hydrogen (secondary N) is 3. The van der Waals surface area contributed by atoms with Crippen LogP contribution in [-0.2, 0) is 43.2 Å². The highest BCUT2D eigenvalue weighted by molar-refractivity contribution is 7.10. The zero-order chi connectivity index (χ0) is 45.5. The van der Waals surface area contributed by atoms with Gasteiger partial charge in [0.15, 0.2) is 0 Å². The normalized spacial score (nSPS) is 22.1. The molecule has 8 rings (SSSR count). The van der Waals surface area contributed by atoms with Crippen LogP contribution in [0.3, 0.4) is 0 Å². The van der Waals surface area contributed by atoms with Crippen molar-refractivity contribution in [1.82, 2.24) is 45.4 Å². The number of fused-ring (bicyclic) bond motifs is 6. The number of hydrogen-bond donors (Lipinski definition) is 3. The van der Waals surface area contributed by atoms with Crippen LogP contribution < -0.4 is 16.1 Å². The van der Waals surface area contributed by atoms with Crippen molar-refractivity contribution < 1.29 is 28.7 Å². The van der Waals surface area contributed by atoms with Gasteiger partial charge < -0.3 is 34.5 Å². The van der Waals surface area contributed by atoms with Gasteiger partial charge in [0.05, 0.1) is 34.8 Å². The molecule has 0 saturated carbocycles. The van der Waals surface area contributed by atoms with Crippen LogP contribution in [0.25, 0.3) is 33.4 Å². The molecule has 4 aliphatic heterocycles. The molecule has 4 aliphatic rings. The summed E-state index contributed by atoms with van der Waals surface area (Å²) in [7, 11) is 3.39. The summed E-state index contributed by atoms with van der Waals surface area (Å²) in [5.41, 5.74) is 9.26. The molecule has 4 atom stereocenters. The number of thiazole rings is 1. The predicted octanol–water partition coefficient (Wildman–Crippen LogP) is 6.11. The van der Waals surface area contributed by atoms with Crippen LogP contribution in [-0.4, -0.2) is 124 Å². The van der Waals surface area contributed by atoms with Gasteiger partial charge in [-0.2, -0.15) is 0 Å². The number of esters is 1. The van der Waals surface area contributed by atoms with E-state index in [1.165, 1.54) is 16.3 Å². The van der Waals surface area contributed by atoms with Crippen molar-refractivity contribution in [2.45, 2.75) is 123 Å². The van der Waals surface area contributed by atoms with E-state index in [-0.39, 0.29) is 42.5 Å². The lowest BCUT2D eigenvalue weighted by Gasteiger charge is -2.56. The second-order valence-corrected chi connectivity index (χ2v) is 20.2. The Bertz CT molecular complexity index is 2390. The van der Waals surface area contributed by atoms with E-state index >= 15 is 0 Å². The predicted molar refractivity (Wildman–Crippen MR) is 247 cm³/mol. The fourth-order valence-corrected chi connectivity index (χ4v) is 11.2. The zero-order valence-corrected chi connectivity index (χ0v) is 39.5. The lowest BCUT2D eigenvalue weighted by molar-refractivity contribution is -0.155. The summed E-state index contributed by atoms with van der Waals surface area (Å²) in [5, 5.41) is 11.7. The number of hydrazine groups is 1. The molecule has 0 aliphatic carbocycles. The van der Waals surface area contributed by atoms with E-state index in [4.69, 9.17) is 19.4 Å². The average molecular weight is 896 g/mol. The average Bonchev–Trinajstić information content (AvgIpc) is 3.88. The van der Waals surface area contributed by atoms with Crippen LogP contribution in [0, 0.1) is 11.3 Å². The first kappa shape index (κ1) is 45.7. The van der Waals surface area contributed by atoms with Crippen LogP contribution >= 0.6 is 11.3 Å². The number of likely N-dealkylation sites (N-methyl/N-ethyl adjacent to an activating group) is 1. The number of aryl methyl sites for hydroxylation is 1. The number of likely N-dealkylation sites (tertiary alicyclic amines) is 1. The van der Waals surface area contributed by atoms with Crippen molar-refractivity contribution in [3.63, 3.8) is 0 Å². The van der Waals surface area contributed by atoms with E-state index in [1.54, 1.807) is 25.3 Å². The van der Waals surface area contributed by atoms with Crippen LogP contribution in [0.1, 0.15) is 96.0 Å². The largest absolute Gasteiger partial charge is 0.464 e. The third kappa shape index (κ3) is 8.78. The van der Waals surface area contributed by atoms with Gasteiger partial charge >= 0.3 is 12.0 Å². The number of nitrogens with zero attached hydrogens (tertiary/aromatic N) is 6. The Labute approximate surface area is 380 Å². The molecule has 3 fully saturated rings. The Kier molecular flexibility index (Phi) is 13.2. The van der Waals surface area contributed by atoms with E-state index in [0.717, 1.165) is 77.0 Å². The first-order chi connectivity index (χ1) is 30.6. The maximum absolute atomic E-state index is 14.6. The number of rotatable bonds is 8. The minimum Gasteiger partial charge on any atom is -0.464 e. The van der Waals surface area contributed by atoms with Crippen LogP contribution in [0.5, 0.6) is 0 Å². The van der Waals surface area contributed by atoms with E-state index in [9.17, 15) is 19.2 Å². The van der Waals surface area contributed by atoms with Crippen molar-refractivity contribution >= 4 is 46.1 Å². The lowest BCUT2D eigenvalue weighted by Crippen LogP contribution is -2.69. The van der Waals surface area contributed by atoms with Crippen molar-refractivity contribution in [3.05, 3.63) is 58.2 Å². The second-order valence-electron chi connectivity index (χ2n) is 19.2.